The molecule has 6 aliphatic rings. The van der Waals surface area contributed by atoms with Gasteiger partial charge in [0.25, 0.3) is 15.6 Å². The normalized spacial score (nSPS) is 47.0. The van der Waals surface area contributed by atoms with E-state index in [1.165, 1.54) is 0 Å². The maximum absolute atomic E-state index is 12.9. The van der Waals surface area contributed by atoms with E-state index in [1.54, 1.807) is 0 Å². The highest BCUT2D eigenvalue weighted by molar-refractivity contribution is 7.80. The lowest BCUT2D eigenvalue weighted by Gasteiger charge is -2.49. The van der Waals surface area contributed by atoms with Crippen molar-refractivity contribution in [2.75, 3.05) is 58.5 Å². The summed E-state index contributed by atoms with van der Waals surface area (Å²) in [5.41, 5.74) is 11.6. The van der Waals surface area contributed by atoms with E-state index in [4.69, 9.17) is 72.4 Å². The van der Waals surface area contributed by atoms with Crippen molar-refractivity contribution < 1.29 is 176 Å². The van der Waals surface area contributed by atoms with Crippen LogP contribution in [0.4, 0.5) is 0 Å². The van der Waals surface area contributed by atoms with E-state index in [1.807, 2.05) is 0 Å². The number of thiol groups is 1. The van der Waals surface area contributed by atoms with Crippen molar-refractivity contribution in [2.24, 2.45) is 11.5 Å². The molecule has 5 heterocycles. The first-order valence-corrected chi connectivity index (χ1v) is 30.5. The maximum Gasteiger partial charge on any atom is 0.268 e. The highest BCUT2D eigenvalue weighted by Crippen LogP contribution is 2.45. The molecule has 500 valence electrons. The van der Waals surface area contributed by atoms with Crippen LogP contribution in [0.2, 0.25) is 0 Å². The Morgan fingerprint density at radius 3 is 1.39 bits per heavy atom. The average Bonchev–Trinajstić information content (AvgIpc) is 1.89. The number of unbranched alkanes of at least 4 members (excludes halogenated alkanes) is 3. The molecule has 0 aromatic carbocycles. The van der Waals surface area contributed by atoms with E-state index in [9.17, 15) is 111 Å². The van der Waals surface area contributed by atoms with Crippen LogP contribution in [0.1, 0.15) is 25.7 Å². The van der Waals surface area contributed by atoms with Crippen LogP contribution in [-0.2, 0) is 74.6 Å². The Labute approximate surface area is 489 Å². The molecule has 6 rings (SSSR count). The fourth-order valence-corrected chi connectivity index (χ4v) is 11.8. The third kappa shape index (κ3) is 17.9. The van der Waals surface area contributed by atoms with Crippen molar-refractivity contribution in [1.29, 1.82) is 0 Å². The van der Waals surface area contributed by atoms with Crippen LogP contribution in [0.25, 0.3) is 0 Å². The van der Waals surface area contributed by atoms with Crippen molar-refractivity contribution in [1.82, 2.24) is 0 Å². The van der Waals surface area contributed by atoms with Gasteiger partial charge in [0.15, 0.2) is 31.5 Å². The number of rotatable bonds is 29. The molecule has 1 saturated carbocycles. The second-order valence-corrected chi connectivity index (χ2v) is 24.0. The van der Waals surface area contributed by atoms with Gasteiger partial charge in [-0.1, -0.05) is 12.8 Å². The van der Waals surface area contributed by atoms with E-state index < -0.39 is 245 Å². The van der Waals surface area contributed by atoms with Crippen LogP contribution in [0, 0.1) is 0 Å². The lowest BCUT2D eigenvalue weighted by atomic mass is 9.84. The number of aliphatic hydroxyl groups is 18. The lowest BCUT2D eigenvalue weighted by Crippen LogP contribution is -2.69. The molecule has 2 unspecified atom stereocenters. The fraction of sp³-hybridized carbons (Fsp3) is 1.00. The lowest BCUT2D eigenvalue weighted by molar-refractivity contribution is -0.396. The number of hydrogen-bond donors (Lipinski definition) is 21. The van der Waals surface area contributed by atoms with Crippen molar-refractivity contribution >= 4 is 28.3 Å². The standard InChI is InChI=1S/C44H82N2O36P2S/c45-5-7-71-83(65,66)72-13-18-23(53)30(60)39(80-41-33(63)25(55)20(50)14(9-47)73-41)44(77-18)81-38-29(59)21(51)15(10-48)74-43(38)69-12-17-22(52)26(56)34(64)42(76-17)78-35-16(11-49)75-40(19(46)24(35)54)79-36-31(61)27(57)28(58)32(62)37(36)82-84(67,68)70-6-3-1-2-4-8-85/h14-44,47-64,85H,1-13,45-46H2,(H,65,66)(H,67,68)/p-2/t14-,15-,16-,17-,18-,19-,20-,21-,22-,23-,24-,25+,26+,27-,28-,29+,30+,31+,32-,33+,34+,35-,36-,37-,38+,39+,40-,41-,42-,43+,44-/m1/s1. The second-order valence-electron chi connectivity index (χ2n) is 20.8. The van der Waals surface area contributed by atoms with Gasteiger partial charge in [-0.25, -0.2) is 0 Å². The van der Waals surface area contributed by atoms with Crippen LogP contribution < -0.4 is 21.3 Å². The summed E-state index contributed by atoms with van der Waals surface area (Å²) in [6.07, 6.45) is -60.6. The van der Waals surface area contributed by atoms with Gasteiger partial charge in [-0.2, -0.15) is 12.6 Å². The molecule has 85 heavy (non-hydrogen) atoms. The molecule has 33 atom stereocenters. The molecule has 6 fully saturated rings. The highest BCUT2D eigenvalue weighted by atomic mass is 32.1. The van der Waals surface area contributed by atoms with Crippen LogP contribution >= 0.6 is 28.3 Å². The predicted molar refractivity (Wildman–Crippen MR) is 267 cm³/mol. The molecule has 5 saturated heterocycles. The summed E-state index contributed by atoms with van der Waals surface area (Å²) < 4.78 is 102. The third-order valence-electron chi connectivity index (χ3n) is 14.8. The van der Waals surface area contributed by atoms with Crippen molar-refractivity contribution in [3.63, 3.8) is 0 Å². The van der Waals surface area contributed by atoms with Gasteiger partial charge in [-0.05, 0) is 18.6 Å². The van der Waals surface area contributed by atoms with E-state index >= 15 is 0 Å². The minimum Gasteiger partial charge on any atom is -0.756 e. The zero-order valence-corrected chi connectivity index (χ0v) is 47.7. The van der Waals surface area contributed by atoms with Crippen molar-refractivity contribution in [3.05, 3.63) is 0 Å². The number of phosphoric ester groups is 2. The summed E-state index contributed by atoms with van der Waals surface area (Å²) in [7, 11) is -10.6. The molecule has 41 heteroatoms. The monoisotopic (exact) mass is 1310 g/mol. The Hall–Kier alpha value is -0.630. The Balaban J connectivity index is 1.18. The number of ether oxygens (including phenoxy) is 10. The Kier molecular flexibility index (Phi) is 28.3. The summed E-state index contributed by atoms with van der Waals surface area (Å²) in [6.45, 7) is -6.46. The Morgan fingerprint density at radius 2 is 0.812 bits per heavy atom. The minimum absolute atomic E-state index is 0.254. The SMILES string of the molecule is NCCOP(=O)([O-])OC[C@H]1O[C@H](O[C@@H]2[C@@H](OC[C@H]3O[C@H](O[C@H]4[C@H](O)[C@@H](N)[C@@H](O[C@@H]5[C@@H](O)[C@H](O)[C@@H](O)[C@@H](O)[C@H]5OP(=O)([O-])OCCCCCCS)O[C@@H]4CO)[C@@H](O)[C@@H](O)[C@@H]3O)O[C@H](CO)[C@@H](O)[C@@H]2O)[C@@H](O[C@H]2O[C@H](CO)[C@@H](O)[C@H](O)[C@@H]2O)[C@@H](O)[C@@H]1O. The summed E-state index contributed by atoms with van der Waals surface area (Å²) in [6, 6.07) is -1.86. The highest BCUT2D eigenvalue weighted by Gasteiger charge is 2.58. The zero-order chi connectivity index (χ0) is 63.0. The first-order chi connectivity index (χ1) is 40.1. The first kappa shape index (κ1) is 73.4. The molecule has 0 aromatic heterocycles. The van der Waals surface area contributed by atoms with Crippen molar-refractivity contribution in [2.45, 2.75) is 216 Å². The van der Waals surface area contributed by atoms with E-state index in [2.05, 4.69) is 17.2 Å². The van der Waals surface area contributed by atoms with Gasteiger partial charge in [0, 0.05) is 6.54 Å². The summed E-state index contributed by atoms with van der Waals surface area (Å²) >= 11 is 4.11. The molecule has 38 nitrogen and oxygen atoms in total. The second kappa shape index (κ2) is 32.8. The van der Waals surface area contributed by atoms with Crippen LogP contribution in [0.3, 0.4) is 0 Å². The fourth-order valence-electron chi connectivity index (χ4n) is 9.92. The topological polar surface area (TPSA) is 626 Å². The molecule has 22 N–H and O–H groups in total. The molecular formula is C44H80N2O36P2S-2. The van der Waals surface area contributed by atoms with E-state index in [-0.39, 0.29) is 19.6 Å². The zero-order valence-electron chi connectivity index (χ0n) is 45.0. The third-order valence-corrected chi connectivity index (χ3v) is 17.1. The number of aliphatic hydroxyl groups excluding tert-OH is 18. The van der Waals surface area contributed by atoms with Gasteiger partial charge < -0.3 is 179 Å². The van der Waals surface area contributed by atoms with Gasteiger partial charge >= 0.3 is 0 Å². The quantitative estimate of drug-likeness (QED) is 0.0188. The van der Waals surface area contributed by atoms with Gasteiger partial charge in [0.05, 0.1) is 52.3 Å². The largest absolute Gasteiger partial charge is 0.756 e. The Bertz CT molecular complexity index is 2090. The molecule has 0 spiro atoms. The number of nitrogens with two attached hydrogens (primary N) is 2. The average molecular weight is 1310 g/mol. The van der Waals surface area contributed by atoms with E-state index in [0.717, 1.165) is 6.42 Å². The smallest absolute Gasteiger partial charge is 0.268 e. The van der Waals surface area contributed by atoms with E-state index in [0.29, 0.717) is 18.6 Å². The minimum atomic E-state index is -5.38. The molecule has 0 amide bonds. The molecule has 0 radical (unpaired) electrons. The van der Waals surface area contributed by atoms with Gasteiger partial charge in [-0.15, -0.1) is 0 Å². The maximum atomic E-state index is 12.9. The van der Waals surface area contributed by atoms with Crippen molar-refractivity contribution in [3.8, 4) is 0 Å². The van der Waals surface area contributed by atoms with Crippen LogP contribution in [-0.4, -0.2) is 341 Å². The molecular weight excluding hydrogens is 1230 g/mol. The molecule has 1 aliphatic carbocycles. The summed E-state index contributed by atoms with van der Waals surface area (Å²) in [5, 5.41) is 195. The van der Waals surface area contributed by atoms with Gasteiger partial charge in [-0.3, -0.25) is 9.13 Å². The summed E-state index contributed by atoms with van der Waals surface area (Å²) in [4.78, 5) is 25.3. The van der Waals surface area contributed by atoms with Gasteiger partial charge in [0.2, 0.25) is 0 Å². The molecule has 0 bridgehead atoms. The first-order valence-electron chi connectivity index (χ1n) is 26.9. The molecule has 0 aromatic rings. The number of phosphoric acid groups is 2. The Morgan fingerprint density at radius 1 is 0.400 bits per heavy atom. The summed E-state index contributed by atoms with van der Waals surface area (Å²) in [5.74, 6) is 0.596. The van der Waals surface area contributed by atoms with Gasteiger partial charge in [0.1, 0.15) is 153 Å². The molecule has 5 aliphatic heterocycles. The van der Waals surface area contributed by atoms with Crippen LogP contribution in [0.15, 0.2) is 0 Å². The predicted octanol–water partition coefficient (Wildman–Crippen LogP) is -13.3. The van der Waals surface area contributed by atoms with Crippen LogP contribution in [0.5, 0.6) is 0 Å². The number of hydrogen-bond acceptors (Lipinski definition) is 39.